The number of rotatable bonds is 6. The maximum Gasteiger partial charge on any atom is 0.247 e. The number of hydrogen-bond donors (Lipinski definition) is 2. The van der Waals surface area contributed by atoms with Crippen LogP contribution in [0.1, 0.15) is 32.0 Å². The minimum atomic E-state index is -3.98. The zero-order valence-corrected chi connectivity index (χ0v) is 21.8. The van der Waals surface area contributed by atoms with Crippen LogP contribution in [0.4, 0.5) is 0 Å². The van der Waals surface area contributed by atoms with Crippen LogP contribution < -0.4 is 4.74 Å². The van der Waals surface area contributed by atoms with Crippen molar-refractivity contribution in [1.29, 1.82) is 0 Å². The molecular weight excluding hydrogens is 482 g/mol. The molecule has 1 aromatic carbocycles. The molecule has 2 aromatic rings. The van der Waals surface area contributed by atoms with Gasteiger partial charge in [-0.1, -0.05) is 24.8 Å². The third kappa shape index (κ3) is 6.62. The number of likely N-dealkylation sites (N-methyl/N-ethyl adjacent to an activating group) is 1. The number of pyridine rings is 1. The second-order valence-corrected chi connectivity index (χ2v) is 11.0. The molecule has 0 bridgehead atoms. The van der Waals surface area contributed by atoms with E-state index in [1.54, 1.807) is 43.3 Å². The normalized spacial score (nSPS) is 20.9. The Morgan fingerprint density at radius 3 is 2.69 bits per heavy atom. The van der Waals surface area contributed by atoms with Crippen LogP contribution in [-0.2, 0) is 21.2 Å². The lowest BCUT2D eigenvalue weighted by Crippen LogP contribution is -2.50. The summed E-state index contributed by atoms with van der Waals surface area (Å²) < 4.78 is 34.6. The van der Waals surface area contributed by atoms with Gasteiger partial charge in [-0.3, -0.25) is 9.78 Å². The van der Waals surface area contributed by atoms with Gasteiger partial charge >= 0.3 is 0 Å². The lowest BCUT2D eigenvalue weighted by Gasteiger charge is -2.37. The molecule has 1 aliphatic rings. The third-order valence-corrected chi connectivity index (χ3v) is 8.05. The monoisotopic (exact) mass is 515 g/mol. The highest BCUT2D eigenvalue weighted by atomic mass is 32.2. The van der Waals surface area contributed by atoms with E-state index < -0.39 is 28.3 Å². The molecule has 36 heavy (non-hydrogen) atoms. The SMILES string of the molecule is C[C@H](O)C#Cc1ccc2c(c1)O[C@@H](CN(C)C(=O)Cc1ccccn1)[C@@H](C)CN([C@H](C)CO)S2(=O)=O. The van der Waals surface area contributed by atoms with Crippen LogP contribution in [-0.4, -0.2) is 83.7 Å². The molecule has 0 fully saturated rings. The van der Waals surface area contributed by atoms with Crippen LogP contribution in [0.3, 0.4) is 0 Å². The number of amides is 1. The van der Waals surface area contributed by atoms with Gasteiger partial charge < -0.3 is 19.8 Å². The van der Waals surface area contributed by atoms with E-state index in [1.165, 1.54) is 23.4 Å². The highest BCUT2D eigenvalue weighted by Gasteiger charge is 2.38. The van der Waals surface area contributed by atoms with Gasteiger partial charge in [0.15, 0.2) is 0 Å². The molecule has 2 heterocycles. The van der Waals surface area contributed by atoms with Gasteiger partial charge in [0.1, 0.15) is 22.9 Å². The molecule has 9 nitrogen and oxygen atoms in total. The van der Waals surface area contributed by atoms with Gasteiger partial charge in [0, 0.05) is 43.0 Å². The Kier molecular flexibility index (Phi) is 9.08. The minimum Gasteiger partial charge on any atom is -0.487 e. The Bertz CT molecular complexity index is 1220. The zero-order chi connectivity index (χ0) is 26.5. The van der Waals surface area contributed by atoms with Crippen molar-refractivity contribution in [2.45, 2.75) is 50.3 Å². The lowest BCUT2D eigenvalue weighted by atomic mass is 10.0. The van der Waals surface area contributed by atoms with E-state index in [2.05, 4.69) is 16.8 Å². The first kappa shape index (κ1) is 27.6. The first-order valence-corrected chi connectivity index (χ1v) is 13.2. The highest BCUT2D eigenvalue weighted by molar-refractivity contribution is 7.89. The fourth-order valence-corrected chi connectivity index (χ4v) is 5.70. The fourth-order valence-electron chi connectivity index (χ4n) is 3.87. The summed E-state index contributed by atoms with van der Waals surface area (Å²) >= 11 is 0. The zero-order valence-electron chi connectivity index (χ0n) is 21.0. The Morgan fingerprint density at radius 2 is 2.06 bits per heavy atom. The third-order valence-electron chi connectivity index (χ3n) is 6.03. The summed E-state index contributed by atoms with van der Waals surface area (Å²) in [6.45, 7) is 5.03. The smallest absolute Gasteiger partial charge is 0.247 e. The molecule has 1 amide bonds. The van der Waals surface area contributed by atoms with E-state index in [4.69, 9.17) is 4.74 Å². The number of aliphatic hydroxyl groups is 2. The standard InChI is InChI=1S/C26H33N3O6S/c1-18-15-29(19(2)17-30)36(33,34)25-11-10-21(9-8-20(3)31)13-23(25)35-24(18)16-28(4)26(32)14-22-7-5-6-12-27-22/h5-7,10-13,18-20,24,30-31H,14-17H2,1-4H3/t18-,19+,20-,24-/m0/s1. The number of carbonyl (C=O) groups is 1. The van der Waals surface area contributed by atoms with Gasteiger partial charge in [0.2, 0.25) is 15.9 Å². The molecule has 3 rings (SSSR count). The molecule has 2 N–H and O–H groups in total. The van der Waals surface area contributed by atoms with Gasteiger partial charge in [-0.2, -0.15) is 4.31 Å². The van der Waals surface area contributed by atoms with Crippen molar-refractivity contribution in [3.63, 3.8) is 0 Å². The van der Waals surface area contributed by atoms with E-state index in [0.717, 1.165) is 0 Å². The molecule has 4 atom stereocenters. The van der Waals surface area contributed by atoms with Crippen LogP contribution in [0.2, 0.25) is 0 Å². The summed E-state index contributed by atoms with van der Waals surface area (Å²) in [5, 5.41) is 19.3. The fraction of sp³-hybridized carbons (Fsp3) is 0.462. The van der Waals surface area contributed by atoms with E-state index in [0.29, 0.717) is 11.3 Å². The van der Waals surface area contributed by atoms with E-state index in [1.807, 2.05) is 13.0 Å². The molecule has 0 unspecified atom stereocenters. The summed E-state index contributed by atoms with van der Waals surface area (Å²) in [7, 11) is -2.30. The Hall–Kier alpha value is -2.97. The topological polar surface area (TPSA) is 120 Å². The van der Waals surface area contributed by atoms with Crippen LogP contribution in [0.15, 0.2) is 47.5 Å². The number of sulfonamides is 1. The molecule has 1 aromatic heterocycles. The molecule has 0 spiro atoms. The average Bonchev–Trinajstić information content (AvgIpc) is 2.84. The van der Waals surface area contributed by atoms with Gasteiger partial charge in [-0.05, 0) is 44.2 Å². The van der Waals surface area contributed by atoms with Crippen LogP contribution >= 0.6 is 0 Å². The molecule has 1 aliphatic heterocycles. The minimum absolute atomic E-state index is 0.0373. The second-order valence-electron chi connectivity index (χ2n) is 9.12. The average molecular weight is 516 g/mol. The van der Waals surface area contributed by atoms with Crippen molar-refractivity contribution in [1.82, 2.24) is 14.2 Å². The van der Waals surface area contributed by atoms with E-state index in [-0.39, 0.29) is 48.6 Å². The predicted octanol–water partition coefficient (Wildman–Crippen LogP) is 1.28. The molecule has 10 heteroatoms. The summed E-state index contributed by atoms with van der Waals surface area (Å²) in [4.78, 5) is 18.6. The number of hydrogen-bond acceptors (Lipinski definition) is 7. The number of aliphatic hydroxyl groups excluding tert-OH is 2. The van der Waals surface area contributed by atoms with Gasteiger partial charge in [-0.15, -0.1) is 0 Å². The van der Waals surface area contributed by atoms with Gasteiger partial charge in [0.05, 0.1) is 19.6 Å². The molecule has 0 aliphatic carbocycles. The maximum atomic E-state index is 13.5. The van der Waals surface area contributed by atoms with Crippen LogP contribution in [0, 0.1) is 17.8 Å². The van der Waals surface area contributed by atoms with Crippen LogP contribution in [0.25, 0.3) is 0 Å². The predicted molar refractivity (Wildman–Crippen MR) is 135 cm³/mol. The Balaban J connectivity index is 1.96. The Labute approximate surface area is 212 Å². The largest absolute Gasteiger partial charge is 0.487 e. The second kappa shape index (κ2) is 11.8. The summed E-state index contributed by atoms with van der Waals surface area (Å²) in [5.41, 5.74) is 1.14. The van der Waals surface area contributed by atoms with Crippen molar-refractivity contribution < 1.29 is 28.2 Å². The van der Waals surface area contributed by atoms with Crippen LogP contribution in [0.5, 0.6) is 5.75 Å². The molecular formula is C26H33N3O6S. The van der Waals surface area contributed by atoms with Gasteiger partial charge in [-0.25, -0.2) is 8.42 Å². The number of benzene rings is 1. The maximum absolute atomic E-state index is 13.5. The lowest BCUT2D eigenvalue weighted by molar-refractivity contribution is -0.130. The molecule has 0 saturated heterocycles. The summed E-state index contributed by atoms with van der Waals surface area (Å²) in [6.07, 6.45) is 0.389. The van der Waals surface area contributed by atoms with E-state index >= 15 is 0 Å². The Morgan fingerprint density at radius 1 is 1.31 bits per heavy atom. The highest BCUT2D eigenvalue weighted by Crippen LogP contribution is 2.34. The first-order chi connectivity index (χ1) is 17.0. The van der Waals surface area contributed by atoms with Crippen molar-refractivity contribution in [3.8, 4) is 17.6 Å². The van der Waals surface area contributed by atoms with Crippen molar-refractivity contribution in [2.75, 3.05) is 26.7 Å². The number of aromatic nitrogens is 1. The number of carbonyl (C=O) groups excluding carboxylic acids is 1. The number of ether oxygens (including phenoxy) is 1. The molecule has 194 valence electrons. The quantitative estimate of drug-likeness (QED) is 0.556. The number of fused-ring (bicyclic) bond motifs is 1. The van der Waals surface area contributed by atoms with Crippen molar-refractivity contribution in [3.05, 3.63) is 53.9 Å². The molecule has 0 saturated carbocycles. The molecule has 0 radical (unpaired) electrons. The van der Waals surface area contributed by atoms with Crippen molar-refractivity contribution in [2.24, 2.45) is 5.92 Å². The van der Waals surface area contributed by atoms with Gasteiger partial charge in [0.25, 0.3) is 0 Å². The summed E-state index contributed by atoms with van der Waals surface area (Å²) in [5.74, 6) is 5.12. The van der Waals surface area contributed by atoms with E-state index in [9.17, 15) is 23.4 Å². The summed E-state index contributed by atoms with van der Waals surface area (Å²) in [6, 6.07) is 9.25. The number of nitrogens with zero attached hydrogens (tertiary/aromatic N) is 3. The van der Waals surface area contributed by atoms with Crippen molar-refractivity contribution >= 4 is 15.9 Å². The first-order valence-electron chi connectivity index (χ1n) is 11.8.